The second-order valence-electron chi connectivity index (χ2n) is 3.47. The third-order valence-electron chi connectivity index (χ3n) is 2.06. The van der Waals surface area contributed by atoms with Gasteiger partial charge in [-0.3, -0.25) is 4.79 Å². The predicted octanol–water partition coefficient (Wildman–Crippen LogP) is 2.10. The Labute approximate surface area is 107 Å². The zero-order chi connectivity index (χ0) is 11.3. The minimum Gasteiger partial charge on any atom is -0.396 e. The van der Waals surface area contributed by atoms with Gasteiger partial charge in [-0.1, -0.05) is 6.92 Å². The minimum atomic E-state index is -0.0287. The van der Waals surface area contributed by atoms with E-state index in [0.29, 0.717) is 12.5 Å². The molecule has 5 heteroatoms. The van der Waals surface area contributed by atoms with Gasteiger partial charge in [-0.05, 0) is 41.0 Å². The van der Waals surface area contributed by atoms with Gasteiger partial charge in [0.05, 0.1) is 8.45 Å². The lowest BCUT2D eigenvalue weighted by atomic mass is 10.1. The molecule has 1 atom stereocenters. The van der Waals surface area contributed by atoms with Gasteiger partial charge < -0.3 is 10.4 Å². The maximum atomic E-state index is 11.6. The molecule has 0 radical (unpaired) electrons. The minimum absolute atomic E-state index is 0.0287. The van der Waals surface area contributed by atoms with Crippen LogP contribution in [0.4, 0.5) is 0 Å². The fraction of sp³-hybridized carbons (Fsp3) is 0.500. The zero-order valence-electron chi connectivity index (χ0n) is 8.50. The van der Waals surface area contributed by atoms with Crippen LogP contribution in [0.2, 0.25) is 0 Å². The van der Waals surface area contributed by atoms with Gasteiger partial charge in [0, 0.05) is 18.5 Å². The van der Waals surface area contributed by atoms with Gasteiger partial charge in [0.2, 0.25) is 0 Å². The highest BCUT2D eigenvalue weighted by Gasteiger charge is 2.08. The topological polar surface area (TPSA) is 49.3 Å². The van der Waals surface area contributed by atoms with Crippen LogP contribution in [-0.4, -0.2) is 24.2 Å². The second kappa shape index (κ2) is 6.44. The maximum absolute atomic E-state index is 11.6. The standard InChI is InChI=1S/C10H14INO2S/c1-7(2-3-13)5-12-10(14)8-4-9(11)15-6-8/h4,6-7,13H,2-3,5H2,1H3,(H,12,14). The molecule has 0 spiro atoms. The molecule has 1 aromatic rings. The molecular weight excluding hydrogens is 325 g/mol. The van der Waals surface area contributed by atoms with Crippen molar-refractivity contribution in [1.29, 1.82) is 0 Å². The summed E-state index contributed by atoms with van der Waals surface area (Å²) in [5.41, 5.74) is 0.723. The number of aliphatic hydroxyl groups is 1. The van der Waals surface area contributed by atoms with Crippen molar-refractivity contribution in [2.75, 3.05) is 13.2 Å². The Balaban J connectivity index is 2.36. The molecule has 0 saturated heterocycles. The van der Waals surface area contributed by atoms with Crippen molar-refractivity contribution in [3.05, 3.63) is 19.9 Å². The number of amides is 1. The highest BCUT2D eigenvalue weighted by atomic mass is 127. The molecule has 3 nitrogen and oxygen atoms in total. The molecule has 0 aliphatic carbocycles. The van der Waals surface area contributed by atoms with Gasteiger partial charge in [-0.25, -0.2) is 0 Å². The fourth-order valence-electron chi connectivity index (χ4n) is 1.12. The summed E-state index contributed by atoms with van der Waals surface area (Å²) in [6.45, 7) is 2.80. The van der Waals surface area contributed by atoms with Crippen LogP contribution in [0.15, 0.2) is 11.4 Å². The average Bonchev–Trinajstić information content (AvgIpc) is 2.62. The van der Waals surface area contributed by atoms with Gasteiger partial charge in [-0.15, -0.1) is 11.3 Å². The summed E-state index contributed by atoms with van der Waals surface area (Å²) in [5.74, 6) is 0.288. The number of hydrogen-bond donors (Lipinski definition) is 2. The number of carbonyl (C=O) groups excluding carboxylic acids is 1. The molecule has 1 rings (SSSR count). The molecule has 0 aromatic carbocycles. The van der Waals surface area contributed by atoms with E-state index < -0.39 is 0 Å². The van der Waals surface area contributed by atoms with E-state index in [0.717, 1.165) is 14.9 Å². The molecule has 0 saturated carbocycles. The first-order valence-electron chi connectivity index (χ1n) is 4.76. The van der Waals surface area contributed by atoms with Crippen molar-refractivity contribution < 1.29 is 9.90 Å². The molecule has 0 bridgehead atoms. The number of nitrogens with one attached hydrogen (secondary N) is 1. The Kier molecular flexibility index (Phi) is 5.55. The number of halogens is 1. The van der Waals surface area contributed by atoms with Crippen LogP contribution in [0.1, 0.15) is 23.7 Å². The van der Waals surface area contributed by atoms with Crippen LogP contribution >= 0.6 is 33.9 Å². The second-order valence-corrected chi connectivity index (χ2v) is 6.27. The SMILES string of the molecule is CC(CCO)CNC(=O)c1csc(I)c1. The molecule has 2 N–H and O–H groups in total. The van der Waals surface area contributed by atoms with E-state index in [9.17, 15) is 4.79 Å². The number of rotatable bonds is 5. The lowest BCUT2D eigenvalue weighted by molar-refractivity contribution is 0.0946. The first-order chi connectivity index (χ1) is 7.13. The molecule has 1 unspecified atom stereocenters. The smallest absolute Gasteiger partial charge is 0.252 e. The van der Waals surface area contributed by atoms with Gasteiger partial charge in [0.25, 0.3) is 5.91 Å². The van der Waals surface area contributed by atoms with E-state index in [4.69, 9.17) is 5.11 Å². The third-order valence-corrected chi connectivity index (χ3v) is 3.85. The van der Waals surface area contributed by atoms with Gasteiger partial charge >= 0.3 is 0 Å². The van der Waals surface area contributed by atoms with E-state index in [1.54, 1.807) is 11.3 Å². The Morgan fingerprint density at radius 1 is 1.73 bits per heavy atom. The number of aliphatic hydroxyl groups excluding tert-OH is 1. The molecule has 15 heavy (non-hydrogen) atoms. The number of carbonyl (C=O) groups is 1. The predicted molar refractivity (Wildman–Crippen MR) is 70.2 cm³/mol. The molecule has 0 fully saturated rings. The molecular formula is C10H14INO2S. The highest BCUT2D eigenvalue weighted by Crippen LogP contribution is 2.16. The largest absolute Gasteiger partial charge is 0.396 e. The molecule has 0 aliphatic rings. The van der Waals surface area contributed by atoms with E-state index in [-0.39, 0.29) is 12.5 Å². The summed E-state index contributed by atoms with van der Waals surface area (Å²) in [5, 5.41) is 13.4. The Morgan fingerprint density at radius 3 is 3.00 bits per heavy atom. The lowest BCUT2D eigenvalue weighted by Gasteiger charge is -2.10. The summed E-state index contributed by atoms with van der Waals surface area (Å²) in [6.07, 6.45) is 0.724. The van der Waals surface area contributed by atoms with Crippen molar-refractivity contribution in [2.24, 2.45) is 5.92 Å². The maximum Gasteiger partial charge on any atom is 0.252 e. The van der Waals surface area contributed by atoms with Gasteiger partial charge in [0.15, 0.2) is 0 Å². The number of thiophene rings is 1. The van der Waals surface area contributed by atoms with Crippen LogP contribution in [-0.2, 0) is 0 Å². The first-order valence-corrected chi connectivity index (χ1v) is 6.72. The van der Waals surface area contributed by atoms with Crippen molar-refractivity contribution in [3.63, 3.8) is 0 Å². The van der Waals surface area contributed by atoms with Gasteiger partial charge in [0.1, 0.15) is 0 Å². The summed E-state index contributed by atoms with van der Waals surface area (Å²) in [7, 11) is 0. The van der Waals surface area contributed by atoms with Crippen LogP contribution in [0.3, 0.4) is 0 Å². The van der Waals surface area contributed by atoms with Gasteiger partial charge in [-0.2, -0.15) is 0 Å². The third kappa shape index (κ3) is 4.48. The van der Waals surface area contributed by atoms with Crippen LogP contribution in [0.5, 0.6) is 0 Å². The summed E-state index contributed by atoms with van der Waals surface area (Å²) in [6, 6.07) is 1.87. The Morgan fingerprint density at radius 2 is 2.47 bits per heavy atom. The van der Waals surface area contributed by atoms with Crippen LogP contribution in [0, 0.1) is 8.80 Å². The van der Waals surface area contributed by atoms with Crippen molar-refractivity contribution in [2.45, 2.75) is 13.3 Å². The monoisotopic (exact) mass is 339 g/mol. The summed E-state index contributed by atoms with van der Waals surface area (Å²) in [4.78, 5) is 11.6. The zero-order valence-corrected chi connectivity index (χ0v) is 11.5. The van der Waals surface area contributed by atoms with Crippen molar-refractivity contribution in [3.8, 4) is 0 Å². The molecule has 0 aliphatic heterocycles. The molecule has 1 amide bonds. The van der Waals surface area contributed by atoms with E-state index in [1.807, 2.05) is 18.4 Å². The molecule has 1 heterocycles. The van der Waals surface area contributed by atoms with Crippen molar-refractivity contribution >= 4 is 39.8 Å². The van der Waals surface area contributed by atoms with Crippen LogP contribution < -0.4 is 5.32 Å². The summed E-state index contributed by atoms with van der Waals surface area (Å²) >= 11 is 3.76. The normalized spacial score (nSPS) is 12.5. The summed E-state index contributed by atoms with van der Waals surface area (Å²) < 4.78 is 1.11. The Bertz CT molecular complexity index is 327. The fourth-order valence-corrected chi connectivity index (χ4v) is 2.45. The average molecular weight is 339 g/mol. The molecule has 1 aromatic heterocycles. The van der Waals surface area contributed by atoms with E-state index in [1.165, 1.54) is 0 Å². The van der Waals surface area contributed by atoms with E-state index >= 15 is 0 Å². The quantitative estimate of drug-likeness (QED) is 0.808. The van der Waals surface area contributed by atoms with E-state index in [2.05, 4.69) is 27.9 Å². The lowest BCUT2D eigenvalue weighted by Crippen LogP contribution is -2.28. The first kappa shape index (κ1) is 12.9. The highest BCUT2D eigenvalue weighted by molar-refractivity contribution is 14.1. The van der Waals surface area contributed by atoms with Crippen LogP contribution in [0.25, 0.3) is 0 Å². The Hall–Kier alpha value is -0.140. The molecule has 84 valence electrons. The van der Waals surface area contributed by atoms with Crippen molar-refractivity contribution in [1.82, 2.24) is 5.32 Å². The number of hydrogen-bond acceptors (Lipinski definition) is 3.